The molecule has 4 heteroatoms. The van der Waals surface area contributed by atoms with Gasteiger partial charge in [-0.05, 0) is 36.2 Å². The number of nitrogens with one attached hydrogen (secondary N) is 1. The van der Waals surface area contributed by atoms with Crippen molar-refractivity contribution in [2.24, 2.45) is 0 Å². The Bertz CT molecular complexity index is 642. The summed E-state index contributed by atoms with van der Waals surface area (Å²) in [6.07, 6.45) is 0. The molecule has 0 amide bonds. The van der Waals surface area contributed by atoms with E-state index >= 15 is 0 Å². The van der Waals surface area contributed by atoms with Crippen LogP contribution in [0, 0.1) is 0 Å². The second kappa shape index (κ2) is 6.27. The van der Waals surface area contributed by atoms with Gasteiger partial charge < -0.3 is 10.2 Å². The van der Waals surface area contributed by atoms with Gasteiger partial charge in [-0.25, -0.2) is 0 Å². The molecule has 1 aliphatic rings. The molecule has 3 rings (SSSR count). The smallest absolute Gasteiger partial charge is 0.0470 e. The number of benzene rings is 2. The van der Waals surface area contributed by atoms with E-state index in [4.69, 9.17) is 23.2 Å². The standard InChI is InChI=1S/C17H18Cl2N2/c1-12-10-21(11-14-6-7-15(18)8-16(14)19)17-5-3-2-4-13(17)9-20-12/h2-8,12,20H,9-11H2,1H3. The van der Waals surface area contributed by atoms with Crippen molar-refractivity contribution in [2.45, 2.75) is 26.1 Å². The van der Waals surface area contributed by atoms with Crippen LogP contribution in [0.4, 0.5) is 5.69 Å². The van der Waals surface area contributed by atoms with Crippen molar-refractivity contribution in [1.82, 2.24) is 5.32 Å². The maximum Gasteiger partial charge on any atom is 0.0470 e. The van der Waals surface area contributed by atoms with Crippen LogP contribution in [0.1, 0.15) is 18.1 Å². The average Bonchev–Trinajstić information content (AvgIpc) is 2.62. The molecule has 0 radical (unpaired) electrons. The minimum absolute atomic E-state index is 0.434. The largest absolute Gasteiger partial charge is 0.365 e. The number of rotatable bonds is 2. The molecule has 0 saturated carbocycles. The molecular formula is C17H18Cl2N2. The van der Waals surface area contributed by atoms with Crippen molar-refractivity contribution in [3.8, 4) is 0 Å². The lowest BCUT2D eigenvalue weighted by Gasteiger charge is -2.27. The summed E-state index contributed by atoms with van der Waals surface area (Å²) in [7, 11) is 0. The lowest BCUT2D eigenvalue weighted by Crippen LogP contribution is -2.35. The number of fused-ring (bicyclic) bond motifs is 1. The summed E-state index contributed by atoms with van der Waals surface area (Å²) >= 11 is 12.3. The van der Waals surface area contributed by atoms with Gasteiger partial charge in [0.1, 0.15) is 0 Å². The fourth-order valence-corrected chi connectivity index (χ4v) is 3.22. The summed E-state index contributed by atoms with van der Waals surface area (Å²) < 4.78 is 0. The molecular weight excluding hydrogens is 303 g/mol. The Morgan fingerprint density at radius 3 is 2.81 bits per heavy atom. The number of hydrogen-bond acceptors (Lipinski definition) is 2. The summed E-state index contributed by atoms with van der Waals surface area (Å²) in [5, 5.41) is 4.95. The van der Waals surface area contributed by atoms with Crippen molar-refractivity contribution < 1.29 is 0 Å². The highest BCUT2D eigenvalue weighted by molar-refractivity contribution is 6.35. The zero-order valence-electron chi connectivity index (χ0n) is 11.9. The molecule has 2 aromatic rings. The highest BCUT2D eigenvalue weighted by Gasteiger charge is 2.19. The summed E-state index contributed by atoms with van der Waals surface area (Å²) in [5.74, 6) is 0. The van der Waals surface area contributed by atoms with E-state index in [0.29, 0.717) is 11.1 Å². The Labute approximate surface area is 135 Å². The molecule has 0 aromatic heterocycles. The number of nitrogens with zero attached hydrogens (tertiary/aromatic N) is 1. The molecule has 0 saturated heterocycles. The Hall–Kier alpha value is -1.22. The van der Waals surface area contributed by atoms with Crippen LogP contribution in [0.5, 0.6) is 0 Å². The molecule has 1 N–H and O–H groups in total. The third-order valence-corrected chi connectivity index (χ3v) is 4.43. The first kappa shape index (κ1) is 14.7. The van der Waals surface area contributed by atoms with Gasteiger partial charge in [0, 0.05) is 41.4 Å². The van der Waals surface area contributed by atoms with Gasteiger partial charge >= 0.3 is 0 Å². The number of para-hydroxylation sites is 1. The normalized spacial score (nSPS) is 18.2. The van der Waals surface area contributed by atoms with Crippen LogP contribution in [0.2, 0.25) is 10.0 Å². The molecule has 21 heavy (non-hydrogen) atoms. The van der Waals surface area contributed by atoms with Gasteiger partial charge in [-0.15, -0.1) is 0 Å². The maximum atomic E-state index is 6.33. The first-order chi connectivity index (χ1) is 10.1. The van der Waals surface area contributed by atoms with E-state index in [0.717, 1.165) is 30.2 Å². The first-order valence-corrected chi connectivity index (χ1v) is 7.89. The van der Waals surface area contributed by atoms with E-state index in [2.05, 4.69) is 41.4 Å². The topological polar surface area (TPSA) is 15.3 Å². The summed E-state index contributed by atoms with van der Waals surface area (Å²) in [4.78, 5) is 2.38. The second-order valence-electron chi connectivity index (χ2n) is 5.53. The third kappa shape index (κ3) is 3.34. The molecule has 1 aliphatic heterocycles. The quantitative estimate of drug-likeness (QED) is 0.876. The highest BCUT2D eigenvalue weighted by atomic mass is 35.5. The maximum absolute atomic E-state index is 6.33. The number of halogens is 2. The minimum Gasteiger partial charge on any atom is -0.365 e. The van der Waals surface area contributed by atoms with Crippen LogP contribution in [0.15, 0.2) is 42.5 Å². The SMILES string of the molecule is CC1CN(Cc2ccc(Cl)cc2Cl)c2ccccc2CN1. The van der Waals surface area contributed by atoms with Crippen molar-refractivity contribution in [1.29, 1.82) is 0 Å². The Kier molecular flexibility index (Phi) is 4.39. The van der Waals surface area contributed by atoms with Crippen LogP contribution in [-0.4, -0.2) is 12.6 Å². The molecule has 110 valence electrons. The average molecular weight is 321 g/mol. The Balaban J connectivity index is 1.92. The van der Waals surface area contributed by atoms with Gasteiger partial charge in [0.2, 0.25) is 0 Å². The number of anilines is 1. The van der Waals surface area contributed by atoms with E-state index in [9.17, 15) is 0 Å². The van der Waals surface area contributed by atoms with E-state index in [1.165, 1.54) is 11.3 Å². The van der Waals surface area contributed by atoms with Crippen LogP contribution >= 0.6 is 23.2 Å². The van der Waals surface area contributed by atoms with Crippen molar-refractivity contribution in [3.05, 3.63) is 63.6 Å². The molecule has 1 unspecified atom stereocenters. The molecule has 0 bridgehead atoms. The van der Waals surface area contributed by atoms with Crippen LogP contribution in [-0.2, 0) is 13.1 Å². The van der Waals surface area contributed by atoms with E-state index in [-0.39, 0.29) is 0 Å². The predicted octanol–water partition coefficient (Wildman–Crippen LogP) is 4.49. The Morgan fingerprint density at radius 1 is 1.19 bits per heavy atom. The van der Waals surface area contributed by atoms with Crippen molar-refractivity contribution >= 4 is 28.9 Å². The second-order valence-corrected chi connectivity index (χ2v) is 6.37. The van der Waals surface area contributed by atoms with Gasteiger partial charge in [0.25, 0.3) is 0 Å². The lowest BCUT2D eigenvalue weighted by atomic mass is 10.1. The van der Waals surface area contributed by atoms with Crippen LogP contribution in [0.3, 0.4) is 0 Å². The zero-order chi connectivity index (χ0) is 14.8. The molecule has 2 nitrogen and oxygen atoms in total. The van der Waals surface area contributed by atoms with Crippen LogP contribution in [0.25, 0.3) is 0 Å². The van der Waals surface area contributed by atoms with Gasteiger partial charge in [-0.1, -0.05) is 47.5 Å². The molecule has 1 heterocycles. The zero-order valence-corrected chi connectivity index (χ0v) is 13.5. The van der Waals surface area contributed by atoms with Gasteiger partial charge in [-0.2, -0.15) is 0 Å². The summed E-state index contributed by atoms with van der Waals surface area (Å²) in [5.41, 5.74) is 3.71. The summed E-state index contributed by atoms with van der Waals surface area (Å²) in [6, 6.07) is 14.7. The fourth-order valence-electron chi connectivity index (χ4n) is 2.75. The van der Waals surface area contributed by atoms with Gasteiger partial charge in [0.05, 0.1) is 0 Å². The molecule has 0 aliphatic carbocycles. The van der Waals surface area contributed by atoms with Gasteiger partial charge in [-0.3, -0.25) is 0 Å². The predicted molar refractivity (Wildman–Crippen MR) is 90.3 cm³/mol. The van der Waals surface area contributed by atoms with E-state index in [1.807, 2.05) is 18.2 Å². The van der Waals surface area contributed by atoms with Crippen molar-refractivity contribution in [3.63, 3.8) is 0 Å². The minimum atomic E-state index is 0.434. The Morgan fingerprint density at radius 2 is 2.00 bits per heavy atom. The fraction of sp³-hybridized carbons (Fsp3) is 0.294. The molecule has 1 atom stereocenters. The highest BCUT2D eigenvalue weighted by Crippen LogP contribution is 2.28. The number of hydrogen-bond donors (Lipinski definition) is 1. The van der Waals surface area contributed by atoms with Gasteiger partial charge in [0.15, 0.2) is 0 Å². The first-order valence-electron chi connectivity index (χ1n) is 7.13. The molecule has 0 fully saturated rings. The van der Waals surface area contributed by atoms with E-state index in [1.54, 1.807) is 0 Å². The van der Waals surface area contributed by atoms with Crippen molar-refractivity contribution in [2.75, 3.05) is 11.4 Å². The monoisotopic (exact) mass is 320 g/mol. The molecule has 0 spiro atoms. The van der Waals surface area contributed by atoms with E-state index < -0.39 is 0 Å². The molecule has 2 aromatic carbocycles. The van der Waals surface area contributed by atoms with Crippen LogP contribution < -0.4 is 10.2 Å². The lowest BCUT2D eigenvalue weighted by molar-refractivity contribution is 0.552. The third-order valence-electron chi connectivity index (χ3n) is 3.84. The summed E-state index contributed by atoms with van der Waals surface area (Å²) in [6.45, 7) is 4.86.